The van der Waals surface area contributed by atoms with Crippen molar-refractivity contribution in [2.75, 3.05) is 5.32 Å². The number of carbonyl (C=O) groups is 1. The number of hydrogen-bond acceptors (Lipinski definition) is 3. The summed E-state index contributed by atoms with van der Waals surface area (Å²) in [6, 6.07) is 4.10. The number of hydrogen-bond donors (Lipinski definition) is 2. The minimum atomic E-state index is -4.44. The number of halogens is 3. The molecule has 2 aromatic heterocycles. The van der Waals surface area contributed by atoms with Crippen LogP contribution in [-0.2, 0) is 13.2 Å². The smallest absolute Gasteiger partial charge is 0.331 e. The van der Waals surface area contributed by atoms with E-state index in [9.17, 15) is 18.0 Å². The number of aryl methyl sites for hydroxylation is 1. The normalized spacial score (nSPS) is 12.8. The molecule has 2 N–H and O–H groups in total. The molecule has 1 aromatic carbocycles. The summed E-state index contributed by atoms with van der Waals surface area (Å²) in [7, 11) is 1.79. The van der Waals surface area contributed by atoms with Crippen molar-refractivity contribution in [3.05, 3.63) is 60.2 Å². The van der Waals surface area contributed by atoms with Gasteiger partial charge >= 0.3 is 12.2 Å². The molecule has 0 spiro atoms. The summed E-state index contributed by atoms with van der Waals surface area (Å²) < 4.78 is 41.6. The van der Waals surface area contributed by atoms with Gasteiger partial charge in [-0.2, -0.15) is 23.4 Å². The standard InChI is InChI=1S/C19H21F3N6O/c1-12(2)17(13-8-23-27(3)10-13)26-18(29)25-15-9-24-28(11-15)16-6-4-5-14(7-16)19(20,21)22/h4-12,17H,1-3H3,(H2,25,26,29). The molecule has 2 amide bonds. The predicted octanol–water partition coefficient (Wildman–Crippen LogP) is 4.14. The maximum Gasteiger partial charge on any atom is 0.416 e. The molecule has 3 rings (SSSR count). The van der Waals surface area contributed by atoms with Crippen molar-refractivity contribution in [1.82, 2.24) is 24.9 Å². The van der Waals surface area contributed by atoms with E-state index in [-0.39, 0.29) is 17.6 Å². The van der Waals surface area contributed by atoms with Crippen molar-refractivity contribution < 1.29 is 18.0 Å². The van der Waals surface area contributed by atoms with E-state index in [1.165, 1.54) is 29.2 Å². The molecule has 0 fully saturated rings. The zero-order chi connectivity index (χ0) is 21.2. The molecule has 7 nitrogen and oxygen atoms in total. The molecule has 10 heteroatoms. The molecule has 2 heterocycles. The number of alkyl halides is 3. The molecule has 0 saturated carbocycles. The fourth-order valence-corrected chi connectivity index (χ4v) is 2.90. The van der Waals surface area contributed by atoms with E-state index in [1.54, 1.807) is 17.9 Å². The van der Waals surface area contributed by atoms with Gasteiger partial charge < -0.3 is 10.6 Å². The lowest BCUT2D eigenvalue weighted by Crippen LogP contribution is -2.34. The third-order valence-corrected chi connectivity index (χ3v) is 4.32. The molecule has 154 valence electrons. The Bertz CT molecular complexity index is 992. The zero-order valence-electron chi connectivity index (χ0n) is 16.1. The van der Waals surface area contributed by atoms with Crippen LogP contribution in [0.3, 0.4) is 0 Å². The number of rotatable bonds is 5. The summed E-state index contributed by atoms with van der Waals surface area (Å²) >= 11 is 0. The molecule has 0 saturated heterocycles. The van der Waals surface area contributed by atoms with Gasteiger partial charge in [0.2, 0.25) is 0 Å². The molecule has 1 unspecified atom stereocenters. The SMILES string of the molecule is CC(C)C(NC(=O)Nc1cnn(-c2cccc(C(F)(F)F)c2)c1)c1cnn(C)c1. The van der Waals surface area contributed by atoms with Crippen LogP contribution in [0, 0.1) is 5.92 Å². The highest BCUT2D eigenvalue weighted by atomic mass is 19.4. The van der Waals surface area contributed by atoms with Crippen molar-refractivity contribution in [2.24, 2.45) is 13.0 Å². The number of aromatic nitrogens is 4. The highest BCUT2D eigenvalue weighted by molar-refractivity contribution is 5.89. The van der Waals surface area contributed by atoms with Gasteiger partial charge in [-0.15, -0.1) is 0 Å². The Kier molecular flexibility index (Phi) is 5.62. The van der Waals surface area contributed by atoms with E-state index < -0.39 is 17.8 Å². The van der Waals surface area contributed by atoms with Crippen molar-refractivity contribution in [2.45, 2.75) is 26.1 Å². The first kappa shape index (κ1) is 20.4. The lowest BCUT2D eigenvalue weighted by atomic mass is 9.99. The third-order valence-electron chi connectivity index (χ3n) is 4.32. The second-order valence-electron chi connectivity index (χ2n) is 6.99. The topological polar surface area (TPSA) is 76.8 Å². The first-order chi connectivity index (χ1) is 13.6. The molecule has 0 aliphatic heterocycles. The molecule has 29 heavy (non-hydrogen) atoms. The minimum absolute atomic E-state index is 0.123. The molecule has 0 bridgehead atoms. The first-order valence-corrected chi connectivity index (χ1v) is 8.92. The summed E-state index contributed by atoms with van der Waals surface area (Å²) in [4.78, 5) is 12.4. The molecule has 0 aliphatic carbocycles. The fourth-order valence-electron chi connectivity index (χ4n) is 2.90. The quantitative estimate of drug-likeness (QED) is 0.669. The van der Waals surface area contributed by atoms with Crippen LogP contribution in [-0.4, -0.2) is 25.6 Å². The van der Waals surface area contributed by atoms with Crippen LogP contribution in [0.5, 0.6) is 0 Å². The maximum atomic E-state index is 12.9. The largest absolute Gasteiger partial charge is 0.416 e. The summed E-state index contributed by atoms with van der Waals surface area (Å²) in [5, 5.41) is 13.7. The van der Waals surface area contributed by atoms with Crippen LogP contribution >= 0.6 is 0 Å². The van der Waals surface area contributed by atoms with Gasteiger partial charge in [0.05, 0.1) is 41.6 Å². The van der Waals surface area contributed by atoms with Crippen LogP contribution in [0.15, 0.2) is 49.1 Å². The number of nitrogens with zero attached hydrogens (tertiary/aromatic N) is 4. The first-order valence-electron chi connectivity index (χ1n) is 8.92. The average Bonchev–Trinajstić information content (AvgIpc) is 3.28. The van der Waals surface area contributed by atoms with Crippen LogP contribution in [0.25, 0.3) is 5.69 Å². The summed E-state index contributed by atoms with van der Waals surface area (Å²) in [6.07, 6.45) is 1.90. The van der Waals surface area contributed by atoms with E-state index in [4.69, 9.17) is 0 Å². The lowest BCUT2D eigenvalue weighted by molar-refractivity contribution is -0.137. The third kappa shape index (κ3) is 4.95. The fraction of sp³-hybridized carbons (Fsp3) is 0.316. The second kappa shape index (κ2) is 7.98. The second-order valence-corrected chi connectivity index (χ2v) is 6.99. The van der Waals surface area contributed by atoms with Gasteiger partial charge in [-0.1, -0.05) is 19.9 Å². The Morgan fingerprint density at radius 1 is 1.14 bits per heavy atom. The molecule has 3 aromatic rings. The van der Waals surface area contributed by atoms with Gasteiger partial charge in [-0.25, -0.2) is 9.48 Å². The molecule has 0 aliphatic rings. The van der Waals surface area contributed by atoms with Gasteiger partial charge in [0.25, 0.3) is 0 Å². The number of nitrogens with one attached hydrogen (secondary N) is 2. The van der Waals surface area contributed by atoms with E-state index >= 15 is 0 Å². The highest BCUT2D eigenvalue weighted by Crippen LogP contribution is 2.30. The average molecular weight is 406 g/mol. The van der Waals surface area contributed by atoms with Gasteiger partial charge in [0.15, 0.2) is 0 Å². The number of urea groups is 1. The summed E-state index contributed by atoms with van der Waals surface area (Å²) in [6.45, 7) is 3.95. The van der Waals surface area contributed by atoms with Crippen molar-refractivity contribution in [3.63, 3.8) is 0 Å². The lowest BCUT2D eigenvalue weighted by Gasteiger charge is -2.21. The number of amides is 2. The summed E-state index contributed by atoms with van der Waals surface area (Å²) in [5.41, 5.74) is 0.698. The number of anilines is 1. The number of benzene rings is 1. The zero-order valence-corrected chi connectivity index (χ0v) is 16.1. The molecular formula is C19H21F3N6O. The predicted molar refractivity (Wildman–Crippen MR) is 102 cm³/mol. The summed E-state index contributed by atoms with van der Waals surface area (Å²) in [5.74, 6) is 0.123. The monoisotopic (exact) mass is 406 g/mol. The van der Waals surface area contributed by atoms with E-state index in [1.807, 2.05) is 20.0 Å². The van der Waals surface area contributed by atoms with E-state index in [0.29, 0.717) is 5.69 Å². The van der Waals surface area contributed by atoms with E-state index in [2.05, 4.69) is 20.8 Å². The minimum Gasteiger partial charge on any atom is -0.331 e. The van der Waals surface area contributed by atoms with E-state index in [0.717, 1.165) is 17.7 Å². The van der Waals surface area contributed by atoms with Gasteiger partial charge in [-0.3, -0.25) is 4.68 Å². The van der Waals surface area contributed by atoms with Gasteiger partial charge in [-0.05, 0) is 24.1 Å². The van der Waals surface area contributed by atoms with Crippen LogP contribution in [0.1, 0.15) is 31.0 Å². The Labute approximate surface area is 165 Å². The van der Waals surface area contributed by atoms with Crippen molar-refractivity contribution >= 4 is 11.7 Å². The van der Waals surface area contributed by atoms with Crippen molar-refractivity contribution in [1.29, 1.82) is 0 Å². The molecule has 0 radical (unpaired) electrons. The maximum absolute atomic E-state index is 12.9. The Morgan fingerprint density at radius 3 is 2.52 bits per heavy atom. The van der Waals surface area contributed by atoms with Gasteiger partial charge in [0, 0.05) is 18.8 Å². The van der Waals surface area contributed by atoms with Crippen molar-refractivity contribution in [3.8, 4) is 5.69 Å². The van der Waals surface area contributed by atoms with Gasteiger partial charge in [0.1, 0.15) is 0 Å². The Balaban J connectivity index is 1.70. The van der Waals surface area contributed by atoms with Crippen LogP contribution in [0.4, 0.5) is 23.7 Å². The highest BCUT2D eigenvalue weighted by Gasteiger charge is 2.30. The molecule has 1 atom stereocenters. The molecular weight excluding hydrogens is 385 g/mol. The van der Waals surface area contributed by atoms with Crippen LogP contribution < -0.4 is 10.6 Å². The number of carbonyl (C=O) groups excluding carboxylic acids is 1. The van der Waals surface area contributed by atoms with Crippen LogP contribution in [0.2, 0.25) is 0 Å². The Hall–Kier alpha value is -3.30. The Morgan fingerprint density at radius 2 is 1.90 bits per heavy atom.